The number of benzene rings is 1. The van der Waals surface area contributed by atoms with Crippen LogP contribution in [-0.2, 0) is 0 Å². The third-order valence-corrected chi connectivity index (χ3v) is 3.01. The second-order valence-corrected chi connectivity index (χ2v) is 4.31. The standard InChI is InChI=1S/C10H14BrNS/c1-7-3-4-8(11)5-9(7)10(6-13)12-2/h3-5,10,12-13H,6H2,1-2H3. The van der Waals surface area contributed by atoms with E-state index in [4.69, 9.17) is 0 Å². The summed E-state index contributed by atoms with van der Waals surface area (Å²) < 4.78 is 1.12. The zero-order valence-electron chi connectivity index (χ0n) is 7.84. The number of thiol groups is 1. The first-order chi connectivity index (χ1) is 6.19. The van der Waals surface area contributed by atoms with Crippen molar-refractivity contribution >= 4 is 28.6 Å². The second-order valence-electron chi connectivity index (χ2n) is 3.02. The molecule has 0 aliphatic carbocycles. The molecular weight excluding hydrogens is 246 g/mol. The van der Waals surface area contributed by atoms with Crippen molar-refractivity contribution in [3.8, 4) is 0 Å². The van der Waals surface area contributed by atoms with Crippen molar-refractivity contribution in [2.24, 2.45) is 0 Å². The summed E-state index contributed by atoms with van der Waals surface area (Å²) in [6, 6.07) is 6.66. The zero-order chi connectivity index (χ0) is 9.84. The fourth-order valence-electron chi connectivity index (χ4n) is 1.33. The Morgan fingerprint density at radius 3 is 2.77 bits per heavy atom. The van der Waals surface area contributed by atoms with Crippen LogP contribution in [-0.4, -0.2) is 12.8 Å². The molecule has 0 saturated carbocycles. The average molecular weight is 260 g/mol. The van der Waals surface area contributed by atoms with Crippen LogP contribution in [0.25, 0.3) is 0 Å². The number of aryl methyl sites for hydroxylation is 1. The Kier molecular flexibility index (Phi) is 4.29. The van der Waals surface area contributed by atoms with E-state index in [2.05, 4.69) is 59.0 Å². The molecule has 72 valence electrons. The van der Waals surface area contributed by atoms with Gasteiger partial charge in [0.2, 0.25) is 0 Å². The van der Waals surface area contributed by atoms with Gasteiger partial charge in [-0.25, -0.2) is 0 Å². The monoisotopic (exact) mass is 259 g/mol. The number of hydrogen-bond acceptors (Lipinski definition) is 2. The van der Waals surface area contributed by atoms with Crippen LogP contribution < -0.4 is 5.32 Å². The lowest BCUT2D eigenvalue weighted by atomic mass is 10.0. The maximum absolute atomic E-state index is 4.31. The average Bonchev–Trinajstić information content (AvgIpc) is 2.13. The normalized spacial score (nSPS) is 12.9. The molecule has 1 atom stereocenters. The maximum atomic E-state index is 4.31. The number of halogens is 1. The van der Waals surface area contributed by atoms with Crippen LogP contribution in [0.4, 0.5) is 0 Å². The lowest BCUT2D eigenvalue weighted by Gasteiger charge is -2.16. The molecule has 1 unspecified atom stereocenters. The SMILES string of the molecule is CNC(CS)c1cc(Br)ccc1C. The van der Waals surface area contributed by atoms with Crippen LogP contribution >= 0.6 is 28.6 Å². The third-order valence-electron chi connectivity index (χ3n) is 2.15. The van der Waals surface area contributed by atoms with Crippen LogP contribution in [0.15, 0.2) is 22.7 Å². The van der Waals surface area contributed by atoms with Crippen LogP contribution in [0.1, 0.15) is 17.2 Å². The maximum Gasteiger partial charge on any atom is 0.0409 e. The van der Waals surface area contributed by atoms with Crippen molar-refractivity contribution in [1.82, 2.24) is 5.32 Å². The summed E-state index contributed by atoms with van der Waals surface area (Å²) in [6.07, 6.45) is 0. The van der Waals surface area contributed by atoms with Gasteiger partial charge in [0.1, 0.15) is 0 Å². The Morgan fingerprint density at radius 1 is 1.54 bits per heavy atom. The van der Waals surface area contributed by atoms with Crippen LogP contribution in [0.2, 0.25) is 0 Å². The Hall–Kier alpha value is 0.01000. The second kappa shape index (κ2) is 5.03. The minimum absolute atomic E-state index is 0.334. The van der Waals surface area contributed by atoms with Gasteiger partial charge in [-0.3, -0.25) is 0 Å². The molecule has 13 heavy (non-hydrogen) atoms. The zero-order valence-corrected chi connectivity index (χ0v) is 10.3. The lowest BCUT2D eigenvalue weighted by molar-refractivity contribution is 0.659. The van der Waals surface area contributed by atoms with Gasteiger partial charge in [0.15, 0.2) is 0 Å². The first-order valence-corrected chi connectivity index (χ1v) is 5.65. The molecule has 1 rings (SSSR count). The van der Waals surface area contributed by atoms with E-state index in [1.54, 1.807) is 0 Å². The fraction of sp³-hybridized carbons (Fsp3) is 0.400. The molecule has 3 heteroatoms. The predicted octanol–water partition coefficient (Wildman–Crippen LogP) is 2.95. The molecule has 0 amide bonds. The molecule has 1 N–H and O–H groups in total. The molecule has 1 nitrogen and oxygen atoms in total. The van der Waals surface area contributed by atoms with E-state index in [0.717, 1.165) is 10.2 Å². The summed E-state index contributed by atoms with van der Waals surface area (Å²) in [7, 11) is 1.96. The van der Waals surface area contributed by atoms with E-state index in [9.17, 15) is 0 Å². The summed E-state index contributed by atoms with van der Waals surface area (Å²) in [4.78, 5) is 0. The van der Waals surface area contributed by atoms with Crippen LogP contribution in [0, 0.1) is 6.92 Å². The first kappa shape index (κ1) is 11.1. The Labute approximate surface area is 93.5 Å². The van der Waals surface area contributed by atoms with Gasteiger partial charge in [0.05, 0.1) is 0 Å². The van der Waals surface area contributed by atoms with Gasteiger partial charge in [0.25, 0.3) is 0 Å². The molecule has 1 aromatic rings. The summed E-state index contributed by atoms with van der Waals surface area (Å²) in [5, 5.41) is 3.24. The molecule has 0 heterocycles. The molecular formula is C10H14BrNS. The Morgan fingerprint density at radius 2 is 2.23 bits per heavy atom. The number of nitrogens with one attached hydrogen (secondary N) is 1. The van der Waals surface area contributed by atoms with Gasteiger partial charge in [-0.05, 0) is 37.2 Å². The van der Waals surface area contributed by atoms with E-state index in [1.165, 1.54) is 11.1 Å². The summed E-state index contributed by atoms with van der Waals surface area (Å²) in [5.41, 5.74) is 2.61. The van der Waals surface area contributed by atoms with Crippen LogP contribution in [0.3, 0.4) is 0 Å². The van der Waals surface area contributed by atoms with Gasteiger partial charge in [-0.15, -0.1) is 0 Å². The van der Waals surface area contributed by atoms with Gasteiger partial charge < -0.3 is 5.32 Å². The summed E-state index contributed by atoms with van der Waals surface area (Å²) >= 11 is 7.78. The van der Waals surface area contributed by atoms with Crippen molar-refractivity contribution in [1.29, 1.82) is 0 Å². The summed E-state index contributed by atoms with van der Waals surface area (Å²) in [5.74, 6) is 0.813. The lowest BCUT2D eigenvalue weighted by Crippen LogP contribution is -2.18. The van der Waals surface area contributed by atoms with E-state index in [-0.39, 0.29) is 0 Å². The van der Waals surface area contributed by atoms with Crippen molar-refractivity contribution in [3.63, 3.8) is 0 Å². The topological polar surface area (TPSA) is 12.0 Å². The molecule has 0 spiro atoms. The van der Waals surface area contributed by atoms with Gasteiger partial charge in [-0.1, -0.05) is 22.0 Å². The highest BCUT2D eigenvalue weighted by atomic mass is 79.9. The highest BCUT2D eigenvalue weighted by Gasteiger charge is 2.09. The Balaban J connectivity index is 3.03. The number of rotatable bonds is 3. The quantitative estimate of drug-likeness (QED) is 0.796. The van der Waals surface area contributed by atoms with E-state index >= 15 is 0 Å². The molecule has 0 bridgehead atoms. The molecule has 0 aliphatic heterocycles. The molecule has 0 aromatic heterocycles. The van der Waals surface area contributed by atoms with Gasteiger partial charge in [0, 0.05) is 16.3 Å². The molecule has 0 radical (unpaired) electrons. The number of hydrogen-bond donors (Lipinski definition) is 2. The highest BCUT2D eigenvalue weighted by Crippen LogP contribution is 2.22. The minimum Gasteiger partial charge on any atom is -0.312 e. The van der Waals surface area contributed by atoms with Gasteiger partial charge in [-0.2, -0.15) is 12.6 Å². The minimum atomic E-state index is 0.334. The molecule has 0 fully saturated rings. The first-order valence-electron chi connectivity index (χ1n) is 4.23. The van der Waals surface area contributed by atoms with Crippen molar-refractivity contribution < 1.29 is 0 Å². The van der Waals surface area contributed by atoms with E-state index in [1.807, 2.05) is 7.05 Å². The smallest absolute Gasteiger partial charge is 0.0409 e. The van der Waals surface area contributed by atoms with E-state index in [0.29, 0.717) is 6.04 Å². The highest BCUT2D eigenvalue weighted by molar-refractivity contribution is 9.10. The fourth-order valence-corrected chi connectivity index (χ4v) is 2.09. The summed E-state index contributed by atoms with van der Waals surface area (Å²) in [6.45, 7) is 2.12. The van der Waals surface area contributed by atoms with E-state index < -0.39 is 0 Å². The largest absolute Gasteiger partial charge is 0.312 e. The molecule has 1 aromatic carbocycles. The Bertz CT molecular complexity index is 284. The van der Waals surface area contributed by atoms with Crippen molar-refractivity contribution in [2.75, 3.05) is 12.8 Å². The molecule has 0 aliphatic rings. The predicted molar refractivity (Wildman–Crippen MR) is 64.5 cm³/mol. The third kappa shape index (κ3) is 2.73. The van der Waals surface area contributed by atoms with Crippen LogP contribution in [0.5, 0.6) is 0 Å². The van der Waals surface area contributed by atoms with Gasteiger partial charge >= 0.3 is 0 Å². The van der Waals surface area contributed by atoms with Crippen molar-refractivity contribution in [3.05, 3.63) is 33.8 Å². The van der Waals surface area contributed by atoms with Crippen molar-refractivity contribution in [2.45, 2.75) is 13.0 Å². The molecule has 0 saturated heterocycles.